The van der Waals surface area contributed by atoms with E-state index in [9.17, 15) is 9.90 Å². The number of carboxylic acids is 1. The lowest BCUT2D eigenvalue weighted by atomic mass is 10.1. The molecule has 0 spiro atoms. The number of rotatable bonds is 4. The van der Waals surface area contributed by atoms with Crippen LogP contribution in [0.2, 0.25) is 0 Å². The number of carbonyl (C=O) groups is 1. The summed E-state index contributed by atoms with van der Waals surface area (Å²) in [4.78, 5) is 11.4. The Hall–Kier alpha value is -2.11. The van der Waals surface area contributed by atoms with E-state index in [0.29, 0.717) is 5.69 Å². The minimum atomic E-state index is -0.965. The van der Waals surface area contributed by atoms with Crippen molar-refractivity contribution in [3.8, 4) is 11.3 Å². The van der Waals surface area contributed by atoms with E-state index in [1.54, 1.807) is 21.8 Å². The van der Waals surface area contributed by atoms with Crippen molar-refractivity contribution in [3.05, 3.63) is 23.7 Å². The highest BCUT2D eigenvalue weighted by atomic mass is 16.4. The zero-order valence-corrected chi connectivity index (χ0v) is 11.6. The Labute approximate surface area is 111 Å². The van der Waals surface area contributed by atoms with Gasteiger partial charge in [0.05, 0.1) is 5.69 Å². The molecular formula is C13H18N4O2. The van der Waals surface area contributed by atoms with Gasteiger partial charge in [0, 0.05) is 31.0 Å². The van der Waals surface area contributed by atoms with Crippen molar-refractivity contribution < 1.29 is 9.90 Å². The van der Waals surface area contributed by atoms with Crippen molar-refractivity contribution >= 4 is 5.97 Å². The van der Waals surface area contributed by atoms with Gasteiger partial charge >= 0.3 is 5.97 Å². The van der Waals surface area contributed by atoms with Gasteiger partial charge in [-0.1, -0.05) is 6.92 Å². The van der Waals surface area contributed by atoms with Crippen molar-refractivity contribution in [1.82, 2.24) is 19.6 Å². The van der Waals surface area contributed by atoms with E-state index >= 15 is 0 Å². The maximum absolute atomic E-state index is 11.4. The molecule has 0 aliphatic heterocycles. The van der Waals surface area contributed by atoms with Crippen molar-refractivity contribution in [3.63, 3.8) is 0 Å². The molecule has 102 valence electrons. The number of aromatic carboxylic acids is 1. The normalized spacial score (nSPS) is 12.6. The molecule has 2 aromatic heterocycles. The number of aromatic nitrogens is 4. The highest BCUT2D eigenvalue weighted by Gasteiger charge is 2.21. The number of aryl methyl sites for hydroxylation is 2. The lowest BCUT2D eigenvalue weighted by Crippen LogP contribution is -2.04. The second-order valence-corrected chi connectivity index (χ2v) is 4.74. The maximum Gasteiger partial charge on any atom is 0.339 e. The Bertz CT molecular complexity index is 612. The van der Waals surface area contributed by atoms with Crippen LogP contribution < -0.4 is 0 Å². The summed E-state index contributed by atoms with van der Waals surface area (Å²) in [6.07, 6.45) is 4.29. The summed E-state index contributed by atoms with van der Waals surface area (Å²) < 4.78 is 3.38. The maximum atomic E-state index is 11.4. The third kappa shape index (κ3) is 2.38. The van der Waals surface area contributed by atoms with Gasteiger partial charge in [-0.2, -0.15) is 10.2 Å². The van der Waals surface area contributed by atoms with Gasteiger partial charge in [0.15, 0.2) is 0 Å². The van der Waals surface area contributed by atoms with Crippen LogP contribution in [0.3, 0.4) is 0 Å². The molecule has 0 radical (unpaired) electrons. The Morgan fingerprint density at radius 3 is 2.58 bits per heavy atom. The van der Waals surface area contributed by atoms with Gasteiger partial charge in [-0.15, -0.1) is 0 Å². The molecule has 1 unspecified atom stereocenters. The summed E-state index contributed by atoms with van der Waals surface area (Å²) in [6, 6.07) is 0.170. The minimum absolute atomic E-state index is 0.170. The molecule has 0 saturated heterocycles. The fourth-order valence-electron chi connectivity index (χ4n) is 1.99. The van der Waals surface area contributed by atoms with E-state index in [2.05, 4.69) is 10.2 Å². The molecule has 0 aliphatic carbocycles. The lowest BCUT2D eigenvalue weighted by molar-refractivity contribution is 0.0697. The second-order valence-electron chi connectivity index (χ2n) is 4.74. The van der Waals surface area contributed by atoms with Crippen LogP contribution in [0, 0.1) is 6.92 Å². The Morgan fingerprint density at radius 1 is 1.42 bits per heavy atom. The Balaban J connectivity index is 2.58. The molecule has 2 heterocycles. The lowest BCUT2D eigenvalue weighted by Gasteiger charge is -2.07. The number of carboxylic acid groups (broad SMARTS) is 1. The van der Waals surface area contributed by atoms with E-state index in [0.717, 1.165) is 17.7 Å². The second kappa shape index (κ2) is 4.87. The van der Waals surface area contributed by atoms with Gasteiger partial charge in [0.1, 0.15) is 11.3 Å². The number of hydrogen-bond acceptors (Lipinski definition) is 3. The van der Waals surface area contributed by atoms with Gasteiger partial charge in [-0.25, -0.2) is 4.79 Å². The van der Waals surface area contributed by atoms with Crippen LogP contribution in [-0.2, 0) is 7.05 Å². The quantitative estimate of drug-likeness (QED) is 0.917. The fourth-order valence-corrected chi connectivity index (χ4v) is 1.99. The summed E-state index contributed by atoms with van der Waals surface area (Å²) in [6.45, 7) is 5.91. The van der Waals surface area contributed by atoms with Gasteiger partial charge in [0.2, 0.25) is 0 Å². The highest BCUT2D eigenvalue weighted by Crippen LogP contribution is 2.26. The third-order valence-electron chi connectivity index (χ3n) is 3.27. The average molecular weight is 262 g/mol. The minimum Gasteiger partial charge on any atom is -0.478 e. The average Bonchev–Trinajstić information content (AvgIpc) is 2.91. The summed E-state index contributed by atoms with van der Waals surface area (Å²) in [5.41, 5.74) is 2.25. The summed E-state index contributed by atoms with van der Waals surface area (Å²) >= 11 is 0. The Morgan fingerprint density at radius 2 is 2.11 bits per heavy atom. The van der Waals surface area contributed by atoms with Gasteiger partial charge < -0.3 is 5.11 Å². The molecule has 1 atom stereocenters. The summed E-state index contributed by atoms with van der Waals surface area (Å²) in [5, 5.41) is 18.0. The monoisotopic (exact) mass is 262 g/mol. The van der Waals surface area contributed by atoms with E-state index in [1.807, 2.05) is 27.8 Å². The molecule has 6 nitrogen and oxygen atoms in total. The van der Waals surface area contributed by atoms with Crippen molar-refractivity contribution in [1.29, 1.82) is 0 Å². The third-order valence-corrected chi connectivity index (χ3v) is 3.27. The standard InChI is InChI=1S/C13H18N4O2/c1-5-8(2)17-7-11(13(18)19)12(15-17)10-6-16(4)14-9(10)3/h6-8H,5H2,1-4H3,(H,18,19). The molecule has 0 amide bonds. The first-order valence-electron chi connectivity index (χ1n) is 6.27. The molecule has 1 N–H and O–H groups in total. The van der Waals surface area contributed by atoms with Gasteiger partial charge in [0.25, 0.3) is 0 Å². The fraction of sp³-hybridized carbons (Fsp3) is 0.462. The van der Waals surface area contributed by atoms with Crippen LogP contribution in [0.1, 0.15) is 42.4 Å². The molecule has 2 rings (SSSR count). The SMILES string of the molecule is CCC(C)n1cc(C(=O)O)c(-c2cn(C)nc2C)n1. The van der Waals surface area contributed by atoms with E-state index in [-0.39, 0.29) is 11.6 Å². The first kappa shape index (κ1) is 13.3. The van der Waals surface area contributed by atoms with Crippen molar-refractivity contribution in [2.24, 2.45) is 7.05 Å². The summed E-state index contributed by atoms with van der Waals surface area (Å²) in [5.74, 6) is -0.965. The van der Waals surface area contributed by atoms with E-state index < -0.39 is 5.97 Å². The molecule has 6 heteroatoms. The van der Waals surface area contributed by atoms with Crippen molar-refractivity contribution in [2.75, 3.05) is 0 Å². The summed E-state index contributed by atoms with van der Waals surface area (Å²) in [7, 11) is 1.81. The predicted octanol–water partition coefficient (Wildman–Crippen LogP) is 2.26. The predicted molar refractivity (Wildman–Crippen MR) is 71.1 cm³/mol. The molecular weight excluding hydrogens is 244 g/mol. The van der Waals surface area contributed by atoms with Gasteiger partial charge in [-0.05, 0) is 20.3 Å². The van der Waals surface area contributed by atoms with Crippen LogP contribution in [-0.4, -0.2) is 30.6 Å². The molecule has 2 aromatic rings. The van der Waals surface area contributed by atoms with Crippen molar-refractivity contribution in [2.45, 2.75) is 33.2 Å². The number of hydrogen-bond donors (Lipinski definition) is 1. The van der Waals surface area contributed by atoms with Crippen LogP contribution in [0.15, 0.2) is 12.4 Å². The largest absolute Gasteiger partial charge is 0.478 e. The van der Waals surface area contributed by atoms with Crippen LogP contribution in [0.5, 0.6) is 0 Å². The molecule has 0 aliphatic rings. The Kier molecular flexibility index (Phi) is 3.42. The first-order chi connectivity index (χ1) is 8.93. The molecule has 19 heavy (non-hydrogen) atoms. The van der Waals surface area contributed by atoms with Crippen LogP contribution in [0.4, 0.5) is 0 Å². The zero-order valence-electron chi connectivity index (χ0n) is 11.6. The first-order valence-corrected chi connectivity index (χ1v) is 6.27. The smallest absolute Gasteiger partial charge is 0.339 e. The van der Waals surface area contributed by atoms with Crippen LogP contribution >= 0.6 is 0 Å². The molecule has 0 aromatic carbocycles. The van der Waals surface area contributed by atoms with Crippen LogP contribution in [0.25, 0.3) is 11.3 Å². The zero-order chi connectivity index (χ0) is 14.2. The number of nitrogens with zero attached hydrogens (tertiary/aromatic N) is 4. The van der Waals surface area contributed by atoms with E-state index in [1.165, 1.54) is 0 Å². The highest BCUT2D eigenvalue weighted by molar-refractivity contribution is 5.94. The molecule has 0 bridgehead atoms. The molecule has 0 fully saturated rings. The van der Waals surface area contributed by atoms with E-state index in [4.69, 9.17) is 0 Å². The van der Waals surface area contributed by atoms with Gasteiger partial charge in [-0.3, -0.25) is 9.36 Å². The molecule has 0 saturated carbocycles. The topological polar surface area (TPSA) is 72.9 Å².